The lowest BCUT2D eigenvalue weighted by Crippen LogP contribution is -2.35. The van der Waals surface area contributed by atoms with Crippen molar-refractivity contribution in [3.63, 3.8) is 0 Å². The van der Waals surface area contributed by atoms with Gasteiger partial charge in [-0.3, -0.25) is 0 Å². The largest absolute Gasteiger partial charge is 0.304 e. The monoisotopic (exact) mass is 382 g/mol. The molecule has 0 aromatic carbocycles. The van der Waals surface area contributed by atoms with Crippen molar-refractivity contribution in [3.8, 4) is 0 Å². The summed E-state index contributed by atoms with van der Waals surface area (Å²) in [5, 5.41) is 3.59. The van der Waals surface area contributed by atoms with Gasteiger partial charge in [0.1, 0.15) is 0 Å². The maximum absolute atomic E-state index is 3.59. The molecule has 0 aliphatic heterocycles. The van der Waals surface area contributed by atoms with Crippen molar-refractivity contribution in [2.75, 3.05) is 13.2 Å². The summed E-state index contributed by atoms with van der Waals surface area (Å²) >= 11 is 2.53. The van der Waals surface area contributed by atoms with Gasteiger partial charge in [-0.05, 0) is 25.8 Å². The highest BCUT2D eigenvalue weighted by atomic mass is 127. The number of hydrogen-bond acceptors (Lipinski definition) is 2. The number of nitrogens with one attached hydrogen (secondary N) is 1. The van der Waals surface area contributed by atoms with Crippen LogP contribution < -0.4 is 5.32 Å². The first kappa shape index (κ1) is 19.7. The maximum atomic E-state index is 3.59. The van der Waals surface area contributed by atoms with Crippen LogP contribution in [-0.4, -0.2) is 22.4 Å². The Labute approximate surface area is 135 Å². The molecule has 0 aliphatic carbocycles. The van der Waals surface area contributed by atoms with E-state index >= 15 is 0 Å². The molecule has 1 N–H and O–H groups in total. The highest BCUT2D eigenvalue weighted by Gasteiger charge is 2.14. The standard InChI is InChI=1S/C16H35IN2/c1-4-7-10-13-16(12-9-6-3)19(17)15-18-14-11-8-5-2/h16,18H,4-15H2,1-3H3. The summed E-state index contributed by atoms with van der Waals surface area (Å²) in [6.07, 6.45) is 13.5. The summed E-state index contributed by atoms with van der Waals surface area (Å²) in [7, 11) is 0. The van der Waals surface area contributed by atoms with Crippen LogP contribution in [0.1, 0.15) is 85.0 Å². The average Bonchev–Trinajstić information content (AvgIpc) is 2.42. The van der Waals surface area contributed by atoms with Crippen molar-refractivity contribution in [2.45, 2.75) is 91.0 Å². The molecule has 3 heteroatoms. The van der Waals surface area contributed by atoms with Gasteiger partial charge < -0.3 is 5.32 Å². The van der Waals surface area contributed by atoms with E-state index in [4.69, 9.17) is 0 Å². The van der Waals surface area contributed by atoms with Gasteiger partial charge in [0, 0.05) is 28.9 Å². The first-order valence-corrected chi connectivity index (χ1v) is 9.35. The topological polar surface area (TPSA) is 15.3 Å². The second kappa shape index (κ2) is 15.0. The van der Waals surface area contributed by atoms with Crippen LogP contribution in [0.25, 0.3) is 0 Å². The lowest BCUT2D eigenvalue weighted by molar-refractivity contribution is 0.307. The van der Waals surface area contributed by atoms with Crippen LogP contribution in [0.15, 0.2) is 0 Å². The highest BCUT2D eigenvalue weighted by Crippen LogP contribution is 2.19. The zero-order valence-corrected chi connectivity index (χ0v) is 15.5. The predicted octanol–water partition coefficient (Wildman–Crippen LogP) is 5.51. The number of nitrogens with zero attached hydrogens (tertiary/aromatic N) is 1. The maximum Gasteiger partial charge on any atom is 0.0577 e. The molecule has 0 spiro atoms. The molecule has 0 saturated carbocycles. The van der Waals surface area contributed by atoms with Gasteiger partial charge in [-0.1, -0.05) is 65.7 Å². The van der Waals surface area contributed by atoms with E-state index < -0.39 is 0 Å². The summed E-state index contributed by atoms with van der Waals surface area (Å²) in [5.41, 5.74) is 0. The molecule has 0 fully saturated rings. The first-order chi connectivity index (χ1) is 9.26. The Bertz CT molecular complexity index is 176. The summed E-state index contributed by atoms with van der Waals surface area (Å²) in [6, 6.07) is 0.769. The SMILES string of the molecule is CCCCCNCN(I)C(CCCC)CCCCC. The second-order valence-electron chi connectivity index (χ2n) is 5.56. The van der Waals surface area contributed by atoms with Crippen molar-refractivity contribution >= 4 is 22.9 Å². The van der Waals surface area contributed by atoms with Gasteiger partial charge in [-0.25, -0.2) is 3.11 Å². The van der Waals surface area contributed by atoms with Crippen LogP contribution in [0.3, 0.4) is 0 Å². The second-order valence-corrected chi connectivity index (χ2v) is 6.80. The smallest absolute Gasteiger partial charge is 0.0577 e. The Balaban J connectivity index is 3.81. The number of unbranched alkanes of at least 4 members (excludes halogenated alkanes) is 5. The number of rotatable bonds is 14. The van der Waals surface area contributed by atoms with Crippen LogP contribution in [0.4, 0.5) is 0 Å². The van der Waals surface area contributed by atoms with E-state index in [1.807, 2.05) is 0 Å². The van der Waals surface area contributed by atoms with Gasteiger partial charge in [0.15, 0.2) is 0 Å². The van der Waals surface area contributed by atoms with Crippen molar-refractivity contribution in [2.24, 2.45) is 0 Å². The van der Waals surface area contributed by atoms with Crippen molar-refractivity contribution in [3.05, 3.63) is 0 Å². The lowest BCUT2D eigenvalue weighted by Gasteiger charge is -2.26. The van der Waals surface area contributed by atoms with Crippen molar-refractivity contribution in [1.29, 1.82) is 0 Å². The Morgan fingerprint density at radius 1 is 0.842 bits per heavy atom. The van der Waals surface area contributed by atoms with Crippen LogP contribution in [0, 0.1) is 0 Å². The van der Waals surface area contributed by atoms with Crippen molar-refractivity contribution < 1.29 is 0 Å². The molecule has 2 nitrogen and oxygen atoms in total. The molecule has 0 bridgehead atoms. The fourth-order valence-corrected chi connectivity index (χ4v) is 3.11. The molecule has 0 aromatic heterocycles. The summed E-state index contributed by atoms with van der Waals surface area (Å²) in [5.74, 6) is 0. The van der Waals surface area contributed by atoms with Crippen molar-refractivity contribution in [1.82, 2.24) is 8.43 Å². The summed E-state index contributed by atoms with van der Waals surface area (Å²) in [6.45, 7) is 9.06. The average molecular weight is 382 g/mol. The van der Waals surface area contributed by atoms with Gasteiger partial charge in [-0.2, -0.15) is 0 Å². The van der Waals surface area contributed by atoms with Gasteiger partial charge in [0.2, 0.25) is 0 Å². The van der Waals surface area contributed by atoms with E-state index in [2.05, 4.69) is 52.1 Å². The van der Waals surface area contributed by atoms with Gasteiger partial charge >= 0.3 is 0 Å². The zero-order valence-electron chi connectivity index (χ0n) is 13.4. The minimum atomic E-state index is 0.769. The van der Waals surface area contributed by atoms with Crippen LogP contribution in [0.5, 0.6) is 0 Å². The van der Waals surface area contributed by atoms with E-state index in [0.29, 0.717) is 0 Å². The Hall–Kier alpha value is 0.650. The minimum absolute atomic E-state index is 0.769. The molecule has 0 amide bonds. The summed E-state index contributed by atoms with van der Waals surface area (Å²) in [4.78, 5) is 0. The summed E-state index contributed by atoms with van der Waals surface area (Å²) < 4.78 is 2.51. The van der Waals surface area contributed by atoms with E-state index in [-0.39, 0.29) is 0 Å². The third-order valence-corrected chi connectivity index (χ3v) is 4.78. The van der Waals surface area contributed by atoms with E-state index in [0.717, 1.165) is 12.7 Å². The molecular formula is C16H35IN2. The molecule has 0 aliphatic rings. The molecule has 0 heterocycles. The molecule has 0 aromatic rings. The van der Waals surface area contributed by atoms with Gasteiger partial charge in [-0.15, -0.1) is 0 Å². The number of hydrogen-bond donors (Lipinski definition) is 1. The normalized spacial score (nSPS) is 13.1. The van der Waals surface area contributed by atoms with Crippen LogP contribution in [-0.2, 0) is 0 Å². The third-order valence-electron chi connectivity index (χ3n) is 3.65. The Kier molecular flexibility index (Phi) is 15.6. The highest BCUT2D eigenvalue weighted by molar-refractivity contribution is 14.1. The molecule has 0 saturated heterocycles. The van der Waals surface area contributed by atoms with Crippen LogP contribution in [0.2, 0.25) is 0 Å². The molecule has 19 heavy (non-hydrogen) atoms. The molecule has 0 rings (SSSR count). The Morgan fingerprint density at radius 3 is 2.05 bits per heavy atom. The quantitative estimate of drug-likeness (QED) is 0.184. The molecule has 1 unspecified atom stereocenters. The third kappa shape index (κ3) is 12.1. The number of halogens is 1. The van der Waals surface area contributed by atoms with E-state index in [9.17, 15) is 0 Å². The predicted molar refractivity (Wildman–Crippen MR) is 95.7 cm³/mol. The fourth-order valence-electron chi connectivity index (χ4n) is 2.31. The van der Waals surface area contributed by atoms with E-state index in [1.165, 1.54) is 70.8 Å². The molecule has 1 atom stereocenters. The zero-order chi connectivity index (χ0) is 14.3. The molecular weight excluding hydrogens is 347 g/mol. The van der Waals surface area contributed by atoms with Gasteiger partial charge in [0.05, 0.1) is 6.67 Å². The fraction of sp³-hybridized carbons (Fsp3) is 1.00. The first-order valence-electron chi connectivity index (χ1n) is 8.39. The van der Waals surface area contributed by atoms with Gasteiger partial charge in [0.25, 0.3) is 0 Å². The molecule has 0 radical (unpaired) electrons. The minimum Gasteiger partial charge on any atom is -0.304 e. The van der Waals surface area contributed by atoms with E-state index in [1.54, 1.807) is 0 Å². The lowest BCUT2D eigenvalue weighted by atomic mass is 10.0. The Morgan fingerprint density at radius 2 is 1.42 bits per heavy atom. The molecule has 116 valence electrons. The van der Waals surface area contributed by atoms with Crippen LogP contribution >= 0.6 is 22.9 Å².